The standard InChI is InChI=1S/C8H11N3O6S/c1-4(8(14)17-2)11-18(15,16)6-5(7(12)13)3-9-10-6/h3-4,11H,1-2H3,(H,9,10)(H,12,13)/t4-/m0/s1. The number of carbonyl (C=O) groups excluding carboxylic acids is 1. The number of aromatic carboxylic acids is 1. The van der Waals surface area contributed by atoms with Crippen molar-refractivity contribution in [3.8, 4) is 0 Å². The zero-order valence-electron chi connectivity index (χ0n) is 9.50. The Morgan fingerprint density at radius 1 is 1.56 bits per heavy atom. The molecule has 0 fully saturated rings. The summed E-state index contributed by atoms with van der Waals surface area (Å²) in [6.07, 6.45) is 0.861. The van der Waals surface area contributed by atoms with Crippen molar-refractivity contribution in [2.75, 3.05) is 7.11 Å². The molecule has 0 unspecified atom stereocenters. The van der Waals surface area contributed by atoms with Crippen LogP contribution in [-0.2, 0) is 19.6 Å². The molecule has 100 valence electrons. The summed E-state index contributed by atoms with van der Waals surface area (Å²) >= 11 is 0. The van der Waals surface area contributed by atoms with Crippen LogP contribution < -0.4 is 4.72 Å². The zero-order valence-corrected chi connectivity index (χ0v) is 10.3. The third-order valence-electron chi connectivity index (χ3n) is 1.99. The lowest BCUT2D eigenvalue weighted by atomic mass is 10.4. The number of nitrogens with one attached hydrogen (secondary N) is 2. The van der Waals surface area contributed by atoms with Gasteiger partial charge in [-0.1, -0.05) is 0 Å². The molecule has 0 amide bonds. The summed E-state index contributed by atoms with van der Waals surface area (Å²) in [4.78, 5) is 21.8. The van der Waals surface area contributed by atoms with Crippen LogP contribution in [0.25, 0.3) is 0 Å². The van der Waals surface area contributed by atoms with Gasteiger partial charge in [0, 0.05) is 0 Å². The molecule has 0 aliphatic rings. The van der Waals surface area contributed by atoms with Crippen molar-refractivity contribution in [2.24, 2.45) is 0 Å². The fraction of sp³-hybridized carbons (Fsp3) is 0.375. The Balaban J connectivity index is 3.04. The molecule has 1 aromatic rings. The van der Waals surface area contributed by atoms with E-state index in [0.29, 0.717) is 0 Å². The molecule has 0 spiro atoms. The molecule has 1 atom stereocenters. The van der Waals surface area contributed by atoms with E-state index in [0.717, 1.165) is 13.3 Å². The second kappa shape index (κ2) is 5.14. The number of aromatic nitrogens is 2. The Hall–Kier alpha value is -1.94. The van der Waals surface area contributed by atoms with Gasteiger partial charge in [0.15, 0.2) is 5.03 Å². The number of H-pyrrole nitrogens is 1. The minimum Gasteiger partial charge on any atom is -0.478 e. The number of hydrogen-bond acceptors (Lipinski definition) is 6. The van der Waals surface area contributed by atoms with Crippen molar-refractivity contribution in [3.63, 3.8) is 0 Å². The van der Waals surface area contributed by atoms with Gasteiger partial charge in [0.1, 0.15) is 11.6 Å². The van der Waals surface area contributed by atoms with Crippen LogP contribution in [0.15, 0.2) is 11.2 Å². The number of carboxylic acid groups (broad SMARTS) is 1. The molecule has 3 N–H and O–H groups in total. The minimum atomic E-state index is -4.20. The van der Waals surface area contributed by atoms with Crippen molar-refractivity contribution in [1.29, 1.82) is 0 Å². The number of ether oxygens (including phenoxy) is 1. The van der Waals surface area contributed by atoms with E-state index >= 15 is 0 Å². The van der Waals surface area contributed by atoms with Crippen molar-refractivity contribution < 1.29 is 27.9 Å². The van der Waals surface area contributed by atoms with Crippen molar-refractivity contribution in [3.05, 3.63) is 11.8 Å². The van der Waals surface area contributed by atoms with Crippen LogP contribution in [0.3, 0.4) is 0 Å². The predicted octanol–water partition coefficient (Wildman–Crippen LogP) is -1.05. The third kappa shape index (κ3) is 2.84. The molecule has 0 aliphatic carbocycles. The van der Waals surface area contributed by atoms with Crippen LogP contribution in [0.5, 0.6) is 0 Å². The number of aromatic amines is 1. The Labute approximate surface area is 102 Å². The molecule has 0 aromatic carbocycles. The van der Waals surface area contributed by atoms with Crippen LogP contribution in [0.2, 0.25) is 0 Å². The van der Waals surface area contributed by atoms with Crippen molar-refractivity contribution in [2.45, 2.75) is 18.0 Å². The van der Waals surface area contributed by atoms with E-state index in [1.807, 2.05) is 4.72 Å². The average molecular weight is 277 g/mol. The van der Waals surface area contributed by atoms with Gasteiger partial charge in [0.2, 0.25) is 0 Å². The number of esters is 1. The van der Waals surface area contributed by atoms with Gasteiger partial charge in [-0.05, 0) is 6.92 Å². The number of carbonyl (C=O) groups is 2. The molecule has 0 saturated carbocycles. The van der Waals surface area contributed by atoms with Gasteiger partial charge in [-0.3, -0.25) is 9.89 Å². The summed E-state index contributed by atoms with van der Waals surface area (Å²) in [5.74, 6) is -2.25. The molecular formula is C8H11N3O6S. The second-order valence-corrected chi connectivity index (χ2v) is 4.93. The first-order valence-electron chi connectivity index (χ1n) is 4.66. The van der Waals surface area contributed by atoms with E-state index in [1.165, 1.54) is 6.92 Å². The SMILES string of the molecule is COC(=O)[C@H](C)NS(=O)(=O)c1[nH]ncc1C(=O)O. The molecule has 0 aliphatic heterocycles. The quantitative estimate of drug-likeness (QED) is 0.583. The first-order chi connectivity index (χ1) is 8.29. The second-order valence-electron chi connectivity index (χ2n) is 3.28. The first-order valence-corrected chi connectivity index (χ1v) is 6.14. The molecule has 18 heavy (non-hydrogen) atoms. The maximum absolute atomic E-state index is 11.8. The van der Waals surface area contributed by atoms with E-state index in [-0.39, 0.29) is 0 Å². The molecule has 9 nitrogen and oxygen atoms in total. The number of rotatable bonds is 5. The lowest BCUT2D eigenvalue weighted by Gasteiger charge is -2.11. The maximum atomic E-state index is 11.8. The van der Waals surface area contributed by atoms with E-state index < -0.39 is 38.6 Å². The molecule has 10 heteroatoms. The lowest BCUT2D eigenvalue weighted by Crippen LogP contribution is -2.39. The fourth-order valence-corrected chi connectivity index (χ4v) is 2.43. The minimum absolute atomic E-state index is 0.514. The number of methoxy groups -OCH3 is 1. The number of carboxylic acids is 1. The third-order valence-corrected chi connectivity index (χ3v) is 3.50. The zero-order chi connectivity index (χ0) is 13.9. The van der Waals surface area contributed by atoms with Gasteiger partial charge in [-0.15, -0.1) is 0 Å². The van der Waals surface area contributed by atoms with Crippen LogP contribution in [0.1, 0.15) is 17.3 Å². The Kier molecular flexibility index (Phi) is 4.03. The van der Waals surface area contributed by atoms with Gasteiger partial charge in [0.05, 0.1) is 13.3 Å². The van der Waals surface area contributed by atoms with Gasteiger partial charge >= 0.3 is 11.9 Å². The highest BCUT2D eigenvalue weighted by molar-refractivity contribution is 7.89. The summed E-state index contributed by atoms with van der Waals surface area (Å²) in [5.41, 5.74) is -0.514. The topological polar surface area (TPSA) is 138 Å². The van der Waals surface area contributed by atoms with Crippen LogP contribution in [0, 0.1) is 0 Å². The van der Waals surface area contributed by atoms with Gasteiger partial charge in [-0.2, -0.15) is 9.82 Å². The van der Waals surface area contributed by atoms with Gasteiger partial charge in [-0.25, -0.2) is 13.2 Å². The molecule has 0 saturated heterocycles. The maximum Gasteiger partial charge on any atom is 0.340 e. The molecule has 1 aromatic heterocycles. The summed E-state index contributed by atoms with van der Waals surface area (Å²) in [6.45, 7) is 1.26. The highest BCUT2D eigenvalue weighted by Crippen LogP contribution is 2.12. The largest absolute Gasteiger partial charge is 0.478 e. The molecule has 1 heterocycles. The number of sulfonamides is 1. The smallest absolute Gasteiger partial charge is 0.340 e. The normalized spacial score (nSPS) is 13.0. The average Bonchev–Trinajstić information content (AvgIpc) is 2.76. The predicted molar refractivity (Wildman–Crippen MR) is 57.3 cm³/mol. The lowest BCUT2D eigenvalue weighted by molar-refractivity contribution is -0.142. The Morgan fingerprint density at radius 2 is 2.17 bits per heavy atom. The summed E-state index contributed by atoms with van der Waals surface area (Å²) in [6, 6.07) is -1.15. The Morgan fingerprint density at radius 3 is 2.67 bits per heavy atom. The van der Waals surface area contributed by atoms with E-state index in [1.54, 1.807) is 0 Å². The summed E-state index contributed by atoms with van der Waals surface area (Å²) in [5, 5.41) is 13.5. The van der Waals surface area contributed by atoms with Crippen LogP contribution in [-0.4, -0.2) is 48.8 Å². The molecule has 1 rings (SSSR count). The Bertz CT molecular complexity index is 563. The number of hydrogen-bond donors (Lipinski definition) is 3. The van der Waals surface area contributed by atoms with E-state index in [9.17, 15) is 18.0 Å². The highest BCUT2D eigenvalue weighted by Gasteiger charge is 2.28. The van der Waals surface area contributed by atoms with Crippen LogP contribution in [0.4, 0.5) is 0 Å². The van der Waals surface area contributed by atoms with E-state index in [4.69, 9.17) is 5.11 Å². The van der Waals surface area contributed by atoms with Gasteiger partial charge in [0.25, 0.3) is 10.0 Å². The summed E-state index contributed by atoms with van der Waals surface area (Å²) in [7, 11) is -3.09. The molecule has 0 radical (unpaired) electrons. The van der Waals surface area contributed by atoms with Gasteiger partial charge < -0.3 is 9.84 Å². The monoisotopic (exact) mass is 277 g/mol. The summed E-state index contributed by atoms with van der Waals surface area (Å²) < 4.78 is 29.9. The highest BCUT2D eigenvalue weighted by atomic mass is 32.2. The van der Waals surface area contributed by atoms with E-state index in [2.05, 4.69) is 14.9 Å². The first kappa shape index (κ1) is 14.1. The van der Waals surface area contributed by atoms with Crippen molar-refractivity contribution in [1.82, 2.24) is 14.9 Å². The molecule has 0 bridgehead atoms. The fourth-order valence-electron chi connectivity index (χ4n) is 1.15. The van der Waals surface area contributed by atoms with Crippen molar-refractivity contribution >= 4 is 22.0 Å². The number of nitrogens with zero attached hydrogens (tertiary/aromatic N) is 1. The molecular weight excluding hydrogens is 266 g/mol. The van der Waals surface area contributed by atoms with Crippen LogP contribution >= 0.6 is 0 Å².